The summed E-state index contributed by atoms with van der Waals surface area (Å²) >= 11 is 6.14. The molecule has 6 rings (SSSR count). The Hall–Kier alpha value is -3.77. The minimum Gasteiger partial charge on any atom is -0.361 e. The Balaban J connectivity index is 1.39. The Labute approximate surface area is 235 Å². The number of benzene rings is 2. The second kappa shape index (κ2) is 9.41. The van der Waals surface area contributed by atoms with Gasteiger partial charge in [-0.2, -0.15) is 5.26 Å². The van der Waals surface area contributed by atoms with Crippen LogP contribution >= 0.6 is 11.6 Å². The SMILES string of the molecule is Cc1cc(C#N)c(F)cc1N1C[C@](C)(c2cccc(Cl)c2F)c2c1cnc(NC1CN(C(=O)C3CC3C)C1)c2F. The number of carbonyl (C=O) groups is 1. The zero-order chi connectivity index (χ0) is 28.5. The number of aryl methyl sites for hydroxylation is 1. The summed E-state index contributed by atoms with van der Waals surface area (Å²) in [5.41, 5.74) is 0.483. The smallest absolute Gasteiger partial charge is 0.226 e. The molecule has 6 nitrogen and oxygen atoms in total. The van der Waals surface area contributed by atoms with E-state index in [0.717, 1.165) is 6.42 Å². The number of amides is 1. The van der Waals surface area contributed by atoms with Crippen molar-refractivity contribution in [1.82, 2.24) is 9.88 Å². The monoisotopic (exact) mass is 565 g/mol. The molecule has 3 heterocycles. The van der Waals surface area contributed by atoms with Gasteiger partial charge in [-0.05, 0) is 49.9 Å². The molecule has 3 atom stereocenters. The van der Waals surface area contributed by atoms with Crippen LogP contribution < -0.4 is 10.2 Å². The zero-order valence-electron chi connectivity index (χ0n) is 22.2. The number of hydrogen-bond acceptors (Lipinski definition) is 5. The molecule has 2 unspecified atom stereocenters. The van der Waals surface area contributed by atoms with E-state index in [1.54, 1.807) is 35.8 Å². The predicted molar refractivity (Wildman–Crippen MR) is 146 cm³/mol. The summed E-state index contributed by atoms with van der Waals surface area (Å²) < 4.78 is 46.6. The number of anilines is 3. The van der Waals surface area contributed by atoms with Crippen molar-refractivity contribution < 1.29 is 18.0 Å². The van der Waals surface area contributed by atoms with E-state index in [9.17, 15) is 14.4 Å². The molecule has 1 aromatic heterocycles. The molecule has 1 amide bonds. The number of halogens is 4. The van der Waals surface area contributed by atoms with Gasteiger partial charge in [-0.25, -0.2) is 18.2 Å². The highest BCUT2D eigenvalue weighted by molar-refractivity contribution is 6.30. The Morgan fingerprint density at radius 1 is 1.20 bits per heavy atom. The number of nitrogens with zero attached hydrogens (tertiary/aromatic N) is 4. The van der Waals surface area contributed by atoms with Crippen molar-refractivity contribution in [3.8, 4) is 6.07 Å². The van der Waals surface area contributed by atoms with Gasteiger partial charge in [-0.3, -0.25) is 4.79 Å². The van der Waals surface area contributed by atoms with Gasteiger partial charge in [0, 0.05) is 47.8 Å². The van der Waals surface area contributed by atoms with E-state index < -0.39 is 22.9 Å². The predicted octanol–water partition coefficient (Wildman–Crippen LogP) is 6.07. The molecule has 2 aliphatic heterocycles. The topological polar surface area (TPSA) is 72.3 Å². The Bertz CT molecular complexity index is 1600. The first kappa shape index (κ1) is 26.5. The lowest BCUT2D eigenvalue weighted by Gasteiger charge is -2.40. The highest BCUT2D eigenvalue weighted by Crippen LogP contribution is 2.51. The van der Waals surface area contributed by atoms with E-state index in [1.807, 2.05) is 6.07 Å². The first-order valence-corrected chi connectivity index (χ1v) is 13.6. The van der Waals surface area contributed by atoms with Gasteiger partial charge in [0.15, 0.2) is 11.6 Å². The van der Waals surface area contributed by atoms with Crippen LogP contribution in [-0.2, 0) is 10.2 Å². The Morgan fingerprint density at radius 2 is 1.93 bits per heavy atom. The van der Waals surface area contributed by atoms with E-state index in [4.69, 9.17) is 11.6 Å². The van der Waals surface area contributed by atoms with Crippen LogP contribution in [-0.4, -0.2) is 41.5 Å². The van der Waals surface area contributed by atoms with Crippen LogP contribution in [0.15, 0.2) is 36.5 Å². The van der Waals surface area contributed by atoms with Gasteiger partial charge in [0.1, 0.15) is 17.7 Å². The summed E-state index contributed by atoms with van der Waals surface area (Å²) in [6.07, 6.45) is 2.41. The van der Waals surface area contributed by atoms with Crippen molar-refractivity contribution in [2.24, 2.45) is 11.8 Å². The minimum absolute atomic E-state index is 0.00822. The fourth-order valence-electron chi connectivity index (χ4n) is 6.04. The highest BCUT2D eigenvalue weighted by atomic mass is 35.5. The zero-order valence-corrected chi connectivity index (χ0v) is 23.0. The molecule has 40 heavy (non-hydrogen) atoms. The molecule has 2 fully saturated rings. The quantitative estimate of drug-likeness (QED) is 0.407. The van der Waals surface area contributed by atoms with E-state index in [-0.39, 0.29) is 51.9 Å². The van der Waals surface area contributed by atoms with Gasteiger partial charge in [-0.15, -0.1) is 0 Å². The molecule has 1 aliphatic carbocycles. The lowest BCUT2D eigenvalue weighted by atomic mass is 9.77. The molecule has 3 aliphatic rings. The minimum atomic E-state index is -1.21. The summed E-state index contributed by atoms with van der Waals surface area (Å²) in [4.78, 5) is 20.3. The lowest BCUT2D eigenvalue weighted by molar-refractivity contribution is -0.136. The Kier molecular flexibility index (Phi) is 6.22. The van der Waals surface area contributed by atoms with Crippen molar-refractivity contribution >= 4 is 34.7 Å². The van der Waals surface area contributed by atoms with Crippen molar-refractivity contribution in [3.63, 3.8) is 0 Å². The van der Waals surface area contributed by atoms with E-state index >= 15 is 8.78 Å². The largest absolute Gasteiger partial charge is 0.361 e. The summed E-state index contributed by atoms with van der Waals surface area (Å²) in [6.45, 7) is 6.50. The average Bonchev–Trinajstić information content (AvgIpc) is 3.55. The molecule has 1 saturated heterocycles. The molecular weight excluding hydrogens is 539 g/mol. The Morgan fingerprint density at radius 3 is 2.60 bits per heavy atom. The first-order chi connectivity index (χ1) is 19.0. The number of rotatable bonds is 5. The number of nitriles is 1. The molecule has 3 aromatic rings. The van der Waals surface area contributed by atoms with Crippen LogP contribution in [0, 0.1) is 47.5 Å². The summed E-state index contributed by atoms with van der Waals surface area (Å²) in [5.74, 6) is -1.36. The second-order valence-corrected chi connectivity index (χ2v) is 11.7. The number of aromatic nitrogens is 1. The maximum absolute atomic E-state index is 16.4. The standard InChI is InChI=1S/C30H27ClF3N5O/c1-15-8-19(15)29(40)38-12-18(13-38)37-28-27(34)25-24(11-36-28)39(23-9-22(32)17(10-35)7-16(23)2)14-30(25,3)20-5-4-6-21(31)26(20)33/h4-7,9,11,15,18-19H,8,12-14H2,1-3H3,(H,36,37)/t15?,19?,30-/m1/s1. The third kappa shape index (κ3) is 4.08. The maximum Gasteiger partial charge on any atom is 0.226 e. The molecule has 0 radical (unpaired) electrons. The van der Waals surface area contributed by atoms with Crippen LogP contribution in [0.1, 0.15) is 42.5 Å². The molecular formula is C30H27ClF3N5O. The van der Waals surface area contributed by atoms with Crippen LogP contribution in [0.25, 0.3) is 0 Å². The molecule has 1 saturated carbocycles. The van der Waals surface area contributed by atoms with Crippen LogP contribution in [0.2, 0.25) is 5.02 Å². The number of carbonyl (C=O) groups excluding carboxylic acids is 1. The van der Waals surface area contributed by atoms with Crippen molar-refractivity contribution in [2.75, 3.05) is 29.9 Å². The summed E-state index contributed by atoms with van der Waals surface area (Å²) in [5, 5.41) is 12.3. The number of likely N-dealkylation sites (tertiary alicyclic amines) is 1. The third-order valence-electron chi connectivity index (χ3n) is 8.52. The lowest BCUT2D eigenvalue weighted by Crippen LogP contribution is -2.57. The average molecular weight is 566 g/mol. The van der Waals surface area contributed by atoms with E-state index in [1.165, 1.54) is 24.4 Å². The summed E-state index contributed by atoms with van der Waals surface area (Å²) in [6, 6.07) is 8.95. The van der Waals surface area contributed by atoms with Gasteiger partial charge >= 0.3 is 0 Å². The van der Waals surface area contributed by atoms with Gasteiger partial charge in [0.05, 0.1) is 28.5 Å². The summed E-state index contributed by atoms with van der Waals surface area (Å²) in [7, 11) is 0. The number of fused-ring (bicyclic) bond motifs is 1. The fourth-order valence-corrected chi connectivity index (χ4v) is 6.22. The van der Waals surface area contributed by atoms with E-state index in [0.29, 0.717) is 35.9 Å². The number of pyridine rings is 1. The van der Waals surface area contributed by atoms with Crippen LogP contribution in [0.3, 0.4) is 0 Å². The van der Waals surface area contributed by atoms with Gasteiger partial charge in [0.2, 0.25) is 5.91 Å². The van der Waals surface area contributed by atoms with Crippen molar-refractivity contribution in [1.29, 1.82) is 5.26 Å². The molecule has 206 valence electrons. The molecule has 0 bridgehead atoms. The number of hydrogen-bond donors (Lipinski definition) is 1. The molecule has 1 N–H and O–H groups in total. The van der Waals surface area contributed by atoms with Gasteiger partial charge in [0.25, 0.3) is 0 Å². The molecule has 2 aromatic carbocycles. The van der Waals surface area contributed by atoms with Crippen molar-refractivity contribution in [2.45, 2.75) is 38.6 Å². The molecule has 10 heteroatoms. The maximum atomic E-state index is 16.4. The van der Waals surface area contributed by atoms with Crippen molar-refractivity contribution in [3.05, 3.63) is 81.3 Å². The van der Waals surface area contributed by atoms with Gasteiger partial charge < -0.3 is 15.1 Å². The van der Waals surface area contributed by atoms with Crippen LogP contribution in [0.4, 0.5) is 30.4 Å². The van der Waals surface area contributed by atoms with Gasteiger partial charge in [-0.1, -0.05) is 30.7 Å². The normalized spacial score (nSPS) is 23.4. The molecule has 0 spiro atoms. The highest BCUT2D eigenvalue weighted by Gasteiger charge is 2.48. The first-order valence-electron chi connectivity index (χ1n) is 13.2. The van der Waals surface area contributed by atoms with Crippen LogP contribution in [0.5, 0.6) is 0 Å². The second-order valence-electron chi connectivity index (χ2n) is 11.3. The number of nitrogens with one attached hydrogen (secondary N) is 1. The fraction of sp³-hybridized carbons (Fsp3) is 0.367. The van der Waals surface area contributed by atoms with E-state index in [2.05, 4.69) is 17.2 Å². The third-order valence-corrected chi connectivity index (χ3v) is 8.81.